The van der Waals surface area contributed by atoms with E-state index in [0.29, 0.717) is 42.0 Å². The molecule has 2 fully saturated rings. The van der Waals surface area contributed by atoms with Gasteiger partial charge in [-0.25, -0.2) is 19.3 Å². The lowest BCUT2D eigenvalue weighted by Gasteiger charge is -2.30. The standard InChI is InChI=1S/C25H32ClN9O3/c1-38-11-10-28-25(37)33-17-6-4-16(5-7-17)31-22-13-19(30-15-2-3-15)23-29-14-20(35(23)34-22)24(36)32-18-8-9-27-21(26)12-18/h8-9,12-17,30H,2-7,10-11H2,1H3,(H,31,34)(H,27,32,36)(H2,28,33,37)/t16-,17-. The van der Waals surface area contributed by atoms with E-state index < -0.39 is 0 Å². The Labute approximate surface area is 225 Å². The highest BCUT2D eigenvalue weighted by Gasteiger charge is 2.26. The van der Waals surface area contributed by atoms with Crippen LogP contribution < -0.4 is 26.6 Å². The molecule has 2 aliphatic rings. The lowest BCUT2D eigenvalue weighted by Crippen LogP contribution is -2.45. The zero-order valence-corrected chi connectivity index (χ0v) is 21.9. The number of amides is 3. The van der Waals surface area contributed by atoms with Crippen molar-refractivity contribution in [3.63, 3.8) is 0 Å². The number of fused-ring (bicyclic) bond motifs is 1. The number of rotatable bonds is 10. The van der Waals surface area contributed by atoms with Crippen molar-refractivity contribution in [2.75, 3.05) is 36.2 Å². The number of aromatic nitrogens is 4. The molecule has 0 atom stereocenters. The summed E-state index contributed by atoms with van der Waals surface area (Å²) in [4.78, 5) is 33.6. The minimum atomic E-state index is -0.350. The second-order valence-electron chi connectivity index (χ2n) is 9.65. The summed E-state index contributed by atoms with van der Waals surface area (Å²) >= 11 is 5.96. The van der Waals surface area contributed by atoms with E-state index in [2.05, 4.69) is 36.6 Å². The summed E-state index contributed by atoms with van der Waals surface area (Å²) in [7, 11) is 1.60. The molecule has 13 heteroatoms. The highest BCUT2D eigenvalue weighted by molar-refractivity contribution is 6.29. The molecule has 3 aromatic rings. The number of hydrogen-bond donors (Lipinski definition) is 5. The first-order valence-electron chi connectivity index (χ1n) is 12.9. The van der Waals surface area contributed by atoms with Crippen molar-refractivity contribution in [2.45, 2.75) is 56.7 Å². The molecule has 0 unspecified atom stereocenters. The molecule has 2 aliphatic carbocycles. The average Bonchev–Trinajstić information content (AvgIpc) is 3.60. The number of imidazole rings is 1. The molecule has 202 valence electrons. The van der Waals surface area contributed by atoms with Gasteiger partial charge >= 0.3 is 6.03 Å². The van der Waals surface area contributed by atoms with Crippen LogP contribution in [0.5, 0.6) is 0 Å². The van der Waals surface area contributed by atoms with Crippen molar-refractivity contribution < 1.29 is 14.3 Å². The van der Waals surface area contributed by atoms with Gasteiger partial charge in [0.05, 0.1) is 18.5 Å². The lowest BCUT2D eigenvalue weighted by atomic mass is 9.91. The van der Waals surface area contributed by atoms with E-state index in [9.17, 15) is 9.59 Å². The van der Waals surface area contributed by atoms with Crippen LogP contribution in [0.4, 0.5) is 22.0 Å². The first-order chi connectivity index (χ1) is 18.5. The van der Waals surface area contributed by atoms with Gasteiger partial charge in [0, 0.05) is 49.7 Å². The first-order valence-corrected chi connectivity index (χ1v) is 13.2. The summed E-state index contributed by atoms with van der Waals surface area (Å²) in [6, 6.07) is 5.77. The van der Waals surface area contributed by atoms with Crippen LogP contribution in [0, 0.1) is 0 Å². The molecule has 0 aliphatic heterocycles. The molecule has 0 bridgehead atoms. The van der Waals surface area contributed by atoms with Gasteiger partial charge in [-0.3, -0.25) is 4.79 Å². The molecule has 3 amide bonds. The maximum atomic E-state index is 13.1. The molecule has 3 aromatic heterocycles. The Morgan fingerprint density at radius 1 is 1.05 bits per heavy atom. The van der Waals surface area contributed by atoms with Crippen molar-refractivity contribution in [3.8, 4) is 0 Å². The Kier molecular flexibility index (Phi) is 8.08. The fourth-order valence-corrected chi connectivity index (χ4v) is 4.69. The maximum Gasteiger partial charge on any atom is 0.315 e. The fraction of sp³-hybridized carbons (Fsp3) is 0.480. The normalized spacial score (nSPS) is 19.1. The van der Waals surface area contributed by atoms with Gasteiger partial charge in [-0.2, -0.15) is 0 Å². The third-order valence-corrected chi connectivity index (χ3v) is 6.83. The number of halogens is 1. The van der Waals surface area contributed by atoms with Crippen LogP contribution in [0.25, 0.3) is 5.65 Å². The van der Waals surface area contributed by atoms with Crippen molar-refractivity contribution in [1.29, 1.82) is 0 Å². The van der Waals surface area contributed by atoms with Crippen LogP contribution >= 0.6 is 11.6 Å². The maximum absolute atomic E-state index is 13.1. The van der Waals surface area contributed by atoms with E-state index in [4.69, 9.17) is 21.4 Å². The molecule has 12 nitrogen and oxygen atoms in total. The summed E-state index contributed by atoms with van der Waals surface area (Å²) in [6.07, 6.45) is 8.74. The van der Waals surface area contributed by atoms with Crippen LogP contribution in [0.1, 0.15) is 49.0 Å². The second-order valence-corrected chi connectivity index (χ2v) is 10.0. The van der Waals surface area contributed by atoms with Crippen molar-refractivity contribution >= 4 is 46.4 Å². The fourth-order valence-electron chi connectivity index (χ4n) is 4.52. The lowest BCUT2D eigenvalue weighted by molar-refractivity contribution is 0.102. The molecule has 3 heterocycles. The van der Waals surface area contributed by atoms with Gasteiger partial charge in [-0.1, -0.05) is 11.6 Å². The number of pyridine rings is 1. The SMILES string of the molecule is COCCNC(=O)N[C@H]1CC[C@H](Nc2cc(NC3CC3)c3ncc(C(=O)Nc4ccnc(Cl)c4)n3n2)CC1. The molecule has 0 radical (unpaired) electrons. The van der Waals surface area contributed by atoms with E-state index >= 15 is 0 Å². The number of nitrogens with one attached hydrogen (secondary N) is 5. The zero-order chi connectivity index (χ0) is 26.5. The van der Waals surface area contributed by atoms with E-state index in [0.717, 1.165) is 44.2 Å². The highest BCUT2D eigenvalue weighted by Crippen LogP contribution is 2.30. The Morgan fingerprint density at radius 3 is 2.53 bits per heavy atom. The second kappa shape index (κ2) is 11.8. The number of methoxy groups -OCH3 is 1. The Balaban J connectivity index is 1.27. The Morgan fingerprint density at radius 2 is 1.79 bits per heavy atom. The van der Waals surface area contributed by atoms with Crippen LogP contribution in [0.2, 0.25) is 5.15 Å². The van der Waals surface area contributed by atoms with Gasteiger partial charge < -0.3 is 31.3 Å². The monoisotopic (exact) mass is 541 g/mol. The number of carbonyl (C=O) groups excluding carboxylic acids is 2. The number of urea groups is 1. The van der Waals surface area contributed by atoms with Crippen LogP contribution in [0.3, 0.4) is 0 Å². The number of ether oxygens (including phenoxy) is 1. The topological polar surface area (TPSA) is 147 Å². The zero-order valence-electron chi connectivity index (χ0n) is 21.2. The molecule has 5 N–H and O–H groups in total. The van der Waals surface area contributed by atoms with Crippen molar-refractivity contribution in [3.05, 3.63) is 41.4 Å². The van der Waals surface area contributed by atoms with E-state index in [-0.39, 0.29) is 29.2 Å². The highest BCUT2D eigenvalue weighted by atomic mass is 35.5. The number of carbonyl (C=O) groups is 2. The predicted molar refractivity (Wildman–Crippen MR) is 145 cm³/mol. The number of nitrogens with zero attached hydrogens (tertiary/aromatic N) is 4. The summed E-state index contributed by atoms with van der Waals surface area (Å²) in [5.74, 6) is 0.311. The molecule has 2 saturated carbocycles. The summed E-state index contributed by atoms with van der Waals surface area (Å²) < 4.78 is 6.53. The molecular weight excluding hydrogens is 510 g/mol. The third-order valence-electron chi connectivity index (χ3n) is 6.63. The molecule has 0 aromatic carbocycles. The van der Waals surface area contributed by atoms with Gasteiger partial charge in [0.2, 0.25) is 0 Å². The van der Waals surface area contributed by atoms with Crippen molar-refractivity contribution in [1.82, 2.24) is 30.2 Å². The number of hydrogen-bond acceptors (Lipinski definition) is 8. The predicted octanol–water partition coefficient (Wildman–Crippen LogP) is 3.27. The van der Waals surface area contributed by atoms with E-state index in [1.165, 1.54) is 12.4 Å². The minimum absolute atomic E-state index is 0.128. The molecule has 0 spiro atoms. The number of anilines is 3. The molecular formula is C25H32ClN9O3. The van der Waals surface area contributed by atoms with E-state index in [1.54, 1.807) is 23.8 Å². The third kappa shape index (κ3) is 6.62. The quantitative estimate of drug-likeness (QED) is 0.194. The smallest absolute Gasteiger partial charge is 0.315 e. The Bertz CT molecular complexity index is 1290. The van der Waals surface area contributed by atoms with Gasteiger partial charge in [-0.15, -0.1) is 5.10 Å². The summed E-state index contributed by atoms with van der Waals surface area (Å²) in [5, 5.41) is 20.7. The molecule has 38 heavy (non-hydrogen) atoms. The van der Waals surface area contributed by atoms with Gasteiger partial charge in [0.25, 0.3) is 5.91 Å². The van der Waals surface area contributed by atoms with Crippen molar-refractivity contribution in [2.24, 2.45) is 0 Å². The van der Waals surface area contributed by atoms with Crippen LogP contribution in [-0.4, -0.2) is 69.9 Å². The minimum Gasteiger partial charge on any atom is -0.383 e. The summed E-state index contributed by atoms with van der Waals surface area (Å²) in [5.41, 5.74) is 2.27. The van der Waals surface area contributed by atoms with Gasteiger partial charge in [0.1, 0.15) is 11.0 Å². The van der Waals surface area contributed by atoms with Crippen LogP contribution in [-0.2, 0) is 4.74 Å². The largest absolute Gasteiger partial charge is 0.383 e. The average molecular weight is 542 g/mol. The molecule has 0 saturated heterocycles. The van der Waals surface area contributed by atoms with Gasteiger partial charge in [-0.05, 0) is 50.7 Å². The molecule has 5 rings (SSSR count). The van der Waals surface area contributed by atoms with Crippen LogP contribution in [0.15, 0.2) is 30.6 Å². The van der Waals surface area contributed by atoms with Gasteiger partial charge in [0.15, 0.2) is 11.3 Å². The summed E-state index contributed by atoms with van der Waals surface area (Å²) in [6.45, 7) is 0.965. The Hall–Kier alpha value is -3.64. The first kappa shape index (κ1) is 26.0. The van der Waals surface area contributed by atoms with E-state index in [1.807, 2.05) is 6.07 Å².